The molecule has 2 N–H and O–H groups in total. The number of benzene rings is 1. The first-order valence-electron chi connectivity index (χ1n) is 7.05. The van der Waals surface area contributed by atoms with Crippen LogP contribution in [0.5, 0.6) is 0 Å². The van der Waals surface area contributed by atoms with Crippen LogP contribution in [-0.2, 0) is 6.42 Å². The summed E-state index contributed by atoms with van der Waals surface area (Å²) in [6.07, 6.45) is 2.92. The largest absolute Gasteiger partial charge is 0.347 e. The molecule has 0 aliphatic heterocycles. The number of carbonyl (C=O) groups is 1. The lowest BCUT2D eigenvalue weighted by molar-refractivity contribution is 0.0908. The van der Waals surface area contributed by atoms with Crippen LogP contribution >= 0.6 is 0 Å². The zero-order chi connectivity index (χ0) is 14.3. The highest BCUT2D eigenvalue weighted by Gasteiger charge is 2.21. The van der Waals surface area contributed by atoms with E-state index in [2.05, 4.69) is 31.4 Å². The van der Waals surface area contributed by atoms with Crippen LogP contribution in [0.4, 0.5) is 0 Å². The zero-order valence-corrected chi connectivity index (χ0v) is 12.5. The van der Waals surface area contributed by atoms with E-state index in [1.807, 2.05) is 31.3 Å². The van der Waals surface area contributed by atoms with Crippen molar-refractivity contribution < 1.29 is 4.79 Å². The molecule has 3 nitrogen and oxygen atoms in total. The van der Waals surface area contributed by atoms with Crippen LogP contribution in [0.2, 0.25) is 0 Å². The lowest BCUT2D eigenvalue weighted by atomic mass is 9.97. The Bertz CT molecular complexity index is 413. The molecule has 1 rings (SSSR count). The van der Waals surface area contributed by atoms with Gasteiger partial charge in [0, 0.05) is 11.1 Å². The Balaban J connectivity index is 2.81. The molecule has 0 aliphatic carbocycles. The molecule has 0 aliphatic rings. The van der Waals surface area contributed by atoms with Gasteiger partial charge in [0.05, 0.1) is 0 Å². The highest BCUT2D eigenvalue weighted by molar-refractivity contribution is 5.96. The van der Waals surface area contributed by atoms with Crippen molar-refractivity contribution in [3.63, 3.8) is 0 Å². The lowest BCUT2D eigenvalue weighted by Gasteiger charge is -2.26. The van der Waals surface area contributed by atoms with Gasteiger partial charge in [-0.05, 0) is 51.9 Å². The smallest absolute Gasteiger partial charge is 0.251 e. The average molecular weight is 262 g/mol. The number of likely N-dealkylation sites (N-methyl/N-ethyl adjacent to an activating group) is 1. The molecule has 106 valence electrons. The molecule has 1 aromatic rings. The summed E-state index contributed by atoms with van der Waals surface area (Å²) in [6.45, 7) is 7.16. The van der Waals surface area contributed by atoms with Gasteiger partial charge in [-0.1, -0.05) is 31.5 Å². The van der Waals surface area contributed by atoms with Gasteiger partial charge in [-0.25, -0.2) is 0 Å². The monoisotopic (exact) mass is 262 g/mol. The molecule has 0 heterocycles. The lowest BCUT2D eigenvalue weighted by Crippen LogP contribution is -2.43. The van der Waals surface area contributed by atoms with Crippen LogP contribution in [0, 0.1) is 0 Å². The van der Waals surface area contributed by atoms with E-state index in [4.69, 9.17) is 0 Å². The molecule has 0 bridgehead atoms. The molecule has 0 spiro atoms. The second-order valence-corrected chi connectivity index (χ2v) is 5.60. The van der Waals surface area contributed by atoms with Crippen LogP contribution in [0.25, 0.3) is 0 Å². The van der Waals surface area contributed by atoms with Crippen molar-refractivity contribution >= 4 is 5.91 Å². The quantitative estimate of drug-likeness (QED) is 0.793. The van der Waals surface area contributed by atoms with Gasteiger partial charge in [0.1, 0.15) is 0 Å². The number of carbonyl (C=O) groups excluding carboxylic acids is 1. The Labute approximate surface area is 116 Å². The minimum Gasteiger partial charge on any atom is -0.347 e. The molecular formula is C16H26N2O. The van der Waals surface area contributed by atoms with Crippen molar-refractivity contribution in [2.75, 3.05) is 13.6 Å². The third-order valence-electron chi connectivity index (χ3n) is 3.23. The molecule has 0 saturated heterocycles. The number of amides is 1. The fourth-order valence-electron chi connectivity index (χ4n) is 2.28. The summed E-state index contributed by atoms with van der Waals surface area (Å²) in [5.74, 6) is 0.0325. The van der Waals surface area contributed by atoms with E-state index in [0.29, 0.717) is 0 Å². The summed E-state index contributed by atoms with van der Waals surface area (Å²) in [5, 5.41) is 6.25. The Morgan fingerprint density at radius 2 is 1.95 bits per heavy atom. The SMILES string of the molecule is CCCC(C)(C)NC(=O)c1ccccc1CCNC. The molecule has 19 heavy (non-hydrogen) atoms. The normalized spacial score (nSPS) is 11.4. The van der Waals surface area contributed by atoms with Crippen LogP contribution in [-0.4, -0.2) is 25.0 Å². The van der Waals surface area contributed by atoms with E-state index in [1.54, 1.807) is 0 Å². The number of hydrogen-bond acceptors (Lipinski definition) is 2. The molecule has 0 aromatic heterocycles. The van der Waals surface area contributed by atoms with Crippen LogP contribution < -0.4 is 10.6 Å². The minimum atomic E-state index is -0.151. The van der Waals surface area contributed by atoms with Crippen LogP contribution in [0.3, 0.4) is 0 Å². The topological polar surface area (TPSA) is 41.1 Å². The zero-order valence-electron chi connectivity index (χ0n) is 12.5. The fourth-order valence-corrected chi connectivity index (χ4v) is 2.28. The van der Waals surface area contributed by atoms with Crippen LogP contribution in [0.15, 0.2) is 24.3 Å². The number of hydrogen-bond donors (Lipinski definition) is 2. The van der Waals surface area contributed by atoms with E-state index in [9.17, 15) is 4.79 Å². The fraction of sp³-hybridized carbons (Fsp3) is 0.562. The number of nitrogens with one attached hydrogen (secondary N) is 2. The summed E-state index contributed by atoms with van der Waals surface area (Å²) in [7, 11) is 1.92. The molecule has 0 atom stereocenters. The van der Waals surface area contributed by atoms with Gasteiger partial charge in [-0.15, -0.1) is 0 Å². The Morgan fingerprint density at radius 1 is 1.26 bits per heavy atom. The Kier molecular flexibility index (Phi) is 6.03. The van der Waals surface area contributed by atoms with Gasteiger partial charge in [-0.3, -0.25) is 4.79 Å². The second-order valence-electron chi connectivity index (χ2n) is 5.60. The van der Waals surface area contributed by atoms with E-state index in [0.717, 1.165) is 36.9 Å². The van der Waals surface area contributed by atoms with Crippen molar-refractivity contribution in [3.05, 3.63) is 35.4 Å². The summed E-state index contributed by atoms with van der Waals surface area (Å²) in [5.41, 5.74) is 1.74. The van der Waals surface area contributed by atoms with Gasteiger partial charge in [-0.2, -0.15) is 0 Å². The average Bonchev–Trinajstić information content (AvgIpc) is 2.36. The molecule has 3 heteroatoms. The van der Waals surface area contributed by atoms with Crippen molar-refractivity contribution in [1.29, 1.82) is 0 Å². The van der Waals surface area contributed by atoms with E-state index < -0.39 is 0 Å². The standard InChI is InChI=1S/C16H26N2O/c1-5-11-16(2,3)18-15(19)14-9-7-6-8-13(14)10-12-17-4/h6-9,17H,5,10-12H2,1-4H3,(H,18,19). The molecule has 1 amide bonds. The summed E-state index contributed by atoms with van der Waals surface area (Å²) in [6, 6.07) is 7.84. The number of rotatable bonds is 7. The van der Waals surface area contributed by atoms with Crippen molar-refractivity contribution in [3.8, 4) is 0 Å². The van der Waals surface area contributed by atoms with Crippen LogP contribution in [0.1, 0.15) is 49.5 Å². The van der Waals surface area contributed by atoms with Gasteiger partial charge in [0.2, 0.25) is 0 Å². The van der Waals surface area contributed by atoms with Gasteiger partial charge in [0.25, 0.3) is 5.91 Å². The molecule has 0 unspecified atom stereocenters. The first kappa shape index (κ1) is 15.7. The maximum atomic E-state index is 12.4. The summed E-state index contributed by atoms with van der Waals surface area (Å²) >= 11 is 0. The molecule has 1 aromatic carbocycles. The maximum Gasteiger partial charge on any atom is 0.251 e. The highest BCUT2D eigenvalue weighted by Crippen LogP contribution is 2.14. The van der Waals surface area contributed by atoms with E-state index in [-0.39, 0.29) is 11.4 Å². The highest BCUT2D eigenvalue weighted by atomic mass is 16.1. The molecule has 0 radical (unpaired) electrons. The van der Waals surface area contributed by atoms with Gasteiger partial charge in [0.15, 0.2) is 0 Å². The molecule has 0 saturated carbocycles. The first-order valence-corrected chi connectivity index (χ1v) is 7.05. The molecule has 0 fully saturated rings. The predicted molar refractivity (Wildman–Crippen MR) is 80.5 cm³/mol. The van der Waals surface area contributed by atoms with Crippen molar-refractivity contribution in [2.45, 2.75) is 45.6 Å². The van der Waals surface area contributed by atoms with Crippen molar-refractivity contribution in [1.82, 2.24) is 10.6 Å². The third-order valence-corrected chi connectivity index (χ3v) is 3.23. The van der Waals surface area contributed by atoms with Gasteiger partial charge >= 0.3 is 0 Å². The minimum absolute atomic E-state index is 0.0325. The Hall–Kier alpha value is -1.35. The van der Waals surface area contributed by atoms with E-state index >= 15 is 0 Å². The first-order chi connectivity index (χ1) is 9.00. The van der Waals surface area contributed by atoms with E-state index in [1.165, 1.54) is 0 Å². The van der Waals surface area contributed by atoms with Crippen molar-refractivity contribution in [2.24, 2.45) is 0 Å². The third kappa shape index (κ3) is 5.03. The Morgan fingerprint density at radius 3 is 2.58 bits per heavy atom. The maximum absolute atomic E-state index is 12.4. The molecular weight excluding hydrogens is 236 g/mol. The van der Waals surface area contributed by atoms with Gasteiger partial charge < -0.3 is 10.6 Å². The summed E-state index contributed by atoms with van der Waals surface area (Å²) < 4.78 is 0. The summed E-state index contributed by atoms with van der Waals surface area (Å²) in [4.78, 5) is 12.4. The second kappa shape index (κ2) is 7.29. The predicted octanol–water partition coefficient (Wildman–Crippen LogP) is 2.76.